The molecule has 0 radical (unpaired) electrons. The normalized spacial score (nSPS) is 12.4. The highest BCUT2D eigenvalue weighted by molar-refractivity contribution is 5.66. The summed E-state index contributed by atoms with van der Waals surface area (Å²) in [4.78, 5) is 10.6. The summed E-state index contributed by atoms with van der Waals surface area (Å²) >= 11 is 0. The van der Waals surface area contributed by atoms with Crippen LogP contribution in [0.3, 0.4) is 0 Å². The van der Waals surface area contributed by atoms with Gasteiger partial charge in [-0.05, 0) is 29.5 Å². The van der Waals surface area contributed by atoms with Crippen LogP contribution >= 0.6 is 0 Å². The molecule has 0 saturated carbocycles. The lowest BCUT2D eigenvalue weighted by Crippen LogP contribution is -2.36. The van der Waals surface area contributed by atoms with E-state index >= 15 is 0 Å². The van der Waals surface area contributed by atoms with Crippen molar-refractivity contribution in [2.45, 2.75) is 31.0 Å². The average molecular weight is 435 g/mol. The van der Waals surface area contributed by atoms with Crippen molar-refractivity contribution >= 4 is 5.97 Å². The SMILES string of the molecule is O=C(O)CCCCOC[C@@H](O)COC(c1ccccc1)(c1ccccc1)c1ccccc1. The molecule has 0 aliphatic carbocycles. The zero-order valence-electron chi connectivity index (χ0n) is 18.1. The third-order valence-electron chi connectivity index (χ3n) is 5.27. The Morgan fingerprint density at radius 2 is 1.22 bits per heavy atom. The number of carboxylic acids is 1. The van der Waals surface area contributed by atoms with E-state index < -0.39 is 17.7 Å². The summed E-state index contributed by atoms with van der Waals surface area (Å²) in [6.07, 6.45) is 0.510. The molecule has 0 heterocycles. The minimum atomic E-state index is -0.883. The Hall–Kier alpha value is -2.99. The van der Waals surface area contributed by atoms with Gasteiger partial charge in [-0.2, -0.15) is 0 Å². The fourth-order valence-electron chi connectivity index (χ4n) is 3.74. The van der Waals surface area contributed by atoms with Gasteiger partial charge in [0.25, 0.3) is 0 Å². The predicted molar refractivity (Wildman–Crippen MR) is 123 cm³/mol. The molecule has 0 spiro atoms. The fraction of sp³-hybridized carbons (Fsp3) is 0.296. The number of hydrogen-bond acceptors (Lipinski definition) is 4. The zero-order valence-corrected chi connectivity index (χ0v) is 18.1. The number of unbranched alkanes of at least 4 members (excludes halogenated alkanes) is 1. The summed E-state index contributed by atoms with van der Waals surface area (Å²) < 4.78 is 12.1. The van der Waals surface area contributed by atoms with E-state index in [-0.39, 0.29) is 19.6 Å². The first kappa shape index (κ1) is 23.7. The van der Waals surface area contributed by atoms with Gasteiger partial charge in [0.05, 0.1) is 13.2 Å². The summed E-state index contributed by atoms with van der Waals surface area (Å²) in [6, 6.07) is 30.0. The molecule has 1 atom stereocenters. The Bertz CT molecular complexity index is 831. The average Bonchev–Trinajstić information content (AvgIpc) is 2.83. The van der Waals surface area contributed by atoms with Crippen LogP contribution in [0.15, 0.2) is 91.0 Å². The van der Waals surface area contributed by atoms with Crippen molar-refractivity contribution in [3.05, 3.63) is 108 Å². The van der Waals surface area contributed by atoms with Crippen molar-refractivity contribution in [2.75, 3.05) is 19.8 Å². The second-order valence-corrected chi connectivity index (χ2v) is 7.67. The van der Waals surface area contributed by atoms with Crippen molar-refractivity contribution in [3.8, 4) is 0 Å². The lowest BCUT2D eigenvalue weighted by atomic mass is 9.80. The quantitative estimate of drug-likeness (QED) is 0.303. The smallest absolute Gasteiger partial charge is 0.303 e. The minimum Gasteiger partial charge on any atom is -0.481 e. The molecule has 0 amide bonds. The van der Waals surface area contributed by atoms with Crippen molar-refractivity contribution in [1.29, 1.82) is 0 Å². The minimum absolute atomic E-state index is 0.0772. The number of aliphatic carboxylic acids is 1. The van der Waals surface area contributed by atoms with Gasteiger partial charge in [0.1, 0.15) is 11.7 Å². The van der Waals surface area contributed by atoms with Gasteiger partial charge in [-0.3, -0.25) is 4.79 Å². The van der Waals surface area contributed by atoms with Gasteiger partial charge in [-0.15, -0.1) is 0 Å². The molecule has 5 heteroatoms. The van der Waals surface area contributed by atoms with Gasteiger partial charge < -0.3 is 19.7 Å². The van der Waals surface area contributed by atoms with Gasteiger partial charge in [0, 0.05) is 13.0 Å². The van der Waals surface area contributed by atoms with E-state index in [0.29, 0.717) is 19.4 Å². The van der Waals surface area contributed by atoms with E-state index in [1.807, 2.05) is 91.0 Å². The fourth-order valence-corrected chi connectivity index (χ4v) is 3.74. The van der Waals surface area contributed by atoms with Gasteiger partial charge in [0.15, 0.2) is 0 Å². The summed E-state index contributed by atoms with van der Waals surface area (Å²) in [7, 11) is 0. The summed E-state index contributed by atoms with van der Waals surface area (Å²) in [5.41, 5.74) is 2.03. The number of aliphatic hydroxyl groups excluding tert-OH is 1. The van der Waals surface area contributed by atoms with Crippen LogP contribution in [0.2, 0.25) is 0 Å². The third-order valence-corrected chi connectivity index (χ3v) is 5.27. The molecule has 3 rings (SSSR count). The number of hydrogen-bond donors (Lipinski definition) is 2. The topological polar surface area (TPSA) is 76.0 Å². The Labute approximate surface area is 189 Å². The first-order valence-electron chi connectivity index (χ1n) is 10.9. The van der Waals surface area contributed by atoms with Crippen LogP contribution in [0.1, 0.15) is 36.0 Å². The number of carbonyl (C=O) groups is 1. The van der Waals surface area contributed by atoms with Gasteiger partial charge in [-0.25, -0.2) is 0 Å². The molecule has 0 aliphatic heterocycles. The molecule has 0 unspecified atom stereocenters. The summed E-state index contributed by atoms with van der Waals surface area (Å²) in [6.45, 7) is 0.612. The Morgan fingerprint density at radius 1 is 0.750 bits per heavy atom. The summed E-state index contributed by atoms with van der Waals surface area (Å²) in [5.74, 6) is -0.808. The van der Waals surface area contributed by atoms with Crippen molar-refractivity contribution in [3.63, 3.8) is 0 Å². The van der Waals surface area contributed by atoms with E-state index in [9.17, 15) is 9.90 Å². The molecule has 0 aromatic heterocycles. The maximum atomic E-state index is 10.6. The largest absolute Gasteiger partial charge is 0.481 e. The predicted octanol–water partition coefficient (Wildman–Crippen LogP) is 4.63. The van der Waals surface area contributed by atoms with E-state index in [2.05, 4.69) is 0 Å². The van der Waals surface area contributed by atoms with Crippen LogP contribution < -0.4 is 0 Å². The molecule has 3 aromatic carbocycles. The zero-order chi connectivity index (χ0) is 22.7. The highest BCUT2D eigenvalue weighted by Gasteiger charge is 2.37. The van der Waals surface area contributed by atoms with Gasteiger partial charge in [-0.1, -0.05) is 91.0 Å². The van der Waals surface area contributed by atoms with Crippen LogP contribution in [-0.2, 0) is 19.9 Å². The molecule has 3 aromatic rings. The lowest BCUT2D eigenvalue weighted by Gasteiger charge is -2.36. The molecule has 0 saturated heterocycles. The van der Waals surface area contributed by atoms with Crippen molar-refractivity contribution < 1.29 is 24.5 Å². The molecule has 32 heavy (non-hydrogen) atoms. The number of benzene rings is 3. The number of rotatable bonds is 13. The first-order chi connectivity index (χ1) is 15.6. The number of carboxylic acid groups (broad SMARTS) is 1. The second-order valence-electron chi connectivity index (χ2n) is 7.67. The van der Waals surface area contributed by atoms with Crippen LogP contribution in [0, 0.1) is 0 Å². The Balaban J connectivity index is 1.77. The van der Waals surface area contributed by atoms with Crippen molar-refractivity contribution in [2.24, 2.45) is 0 Å². The van der Waals surface area contributed by atoms with Crippen LogP contribution in [0.4, 0.5) is 0 Å². The Kier molecular flexibility index (Phi) is 8.99. The maximum absolute atomic E-state index is 10.6. The van der Waals surface area contributed by atoms with E-state index in [1.165, 1.54) is 0 Å². The molecular formula is C27H30O5. The third kappa shape index (κ3) is 6.26. The molecule has 168 valence electrons. The molecular weight excluding hydrogens is 404 g/mol. The monoisotopic (exact) mass is 434 g/mol. The molecule has 0 aliphatic rings. The van der Waals surface area contributed by atoms with Gasteiger partial charge >= 0.3 is 5.97 Å². The summed E-state index contributed by atoms with van der Waals surface area (Å²) in [5, 5.41) is 19.2. The lowest BCUT2D eigenvalue weighted by molar-refractivity contribution is -0.137. The van der Waals surface area contributed by atoms with E-state index in [1.54, 1.807) is 0 Å². The molecule has 0 bridgehead atoms. The van der Waals surface area contributed by atoms with E-state index in [4.69, 9.17) is 14.6 Å². The number of aliphatic hydroxyl groups is 1. The molecule has 2 N–H and O–H groups in total. The standard InChI is InChI=1S/C27H30O5/c28-25(20-31-19-11-10-18-26(29)30)21-32-27(22-12-4-1-5-13-22,23-14-6-2-7-15-23)24-16-8-3-9-17-24/h1-9,12-17,25,28H,10-11,18-21H2,(H,29,30)/t25-/m1/s1. The second kappa shape index (κ2) is 12.2. The maximum Gasteiger partial charge on any atom is 0.303 e. The van der Waals surface area contributed by atoms with Gasteiger partial charge in [0.2, 0.25) is 0 Å². The van der Waals surface area contributed by atoms with Crippen LogP contribution in [-0.4, -0.2) is 42.1 Å². The highest BCUT2D eigenvalue weighted by Crippen LogP contribution is 2.40. The first-order valence-corrected chi connectivity index (χ1v) is 10.9. The highest BCUT2D eigenvalue weighted by atomic mass is 16.5. The van der Waals surface area contributed by atoms with E-state index in [0.717, 1.165) is 16.7 Å². The van der Waals surface area contributed by atoms with Crippen LogP contribution in [0.25, 0.3) is 0 Å². The van der Waals surface area contributed by atoms with Crippen LogP contribution in [0.5, 0.6) is 0 Å². The van der Waals surface area contributed by atoms with Crippen molar-refractivity contribution in [1.82, 2.24) is 0 Å². The Morgan fingerprint density at radius 3 is 1.66 bits per heavy atom. The number of ether oxygens (including phenoxy) is 2. The molecule has 5 nitrogen and oxygen atoms in total. The molecule has 0 fully saturated rings.